The molecule has 0 bridgehead atoms. The number of non-ortho nitro benzene ring substituents is 4. The van der Waals surface area contributed by atoms with E-state index in [-0.39, 0.29) is 68.7 Å². The van der Waals surface area contributed by atoms with E-state index in [4.69, 9.17) is 41.6 Å². The molecule has 1 aliphatic heterocycles. The first-order valence-electron chi connectivity index (χ1n) is 22.0. The molecule has 0 radical (unpaired) electrons. The van der Waals surface area contributed by atoms with Crippen molar-refractivity contribution in [3.63, 3.8) is 0 Å². The van der Waals surface area contributed by atoms with Crippen LogP contribution in [0.5, 0.6) is 46.0 Å². The highest BCUT2D eigenvalue weighted by Crippen LogP contribution is 2.78. The fourth-order valence-corrected chi connectivity index (χ4v) is 16.1. The highest BCUT2D eigenvalue weighted by molar-refractivity contribution is 7.78. The molecule has 1 aliphatic rings. The number of nitro groups is 4. The molecule has 8 aromatic rings. The van der Waals surface area contributed by atoms with Gasteiger partial charge in [0.2, 0.25) is 0 Å². The van der Waals surface area contributed by atoms with Crippen molar-refractivity contribution < 1.29 is 56.8 Å². The van der Waals surface area contributed by atoms with Crippen molar-refractivity contribution in [2.45, 2.75) is 0 Å². The van der Waals surface area contributed by atoms with Crippen molar-refractivity contribution in [1.29, 1.82) is 0 Å². The number of hydrogen-bond acceptors (Lipinski definition) is 20. The maximum absolute atomic E-state index is 12.0. The van der Waals surface area contributed by atoms with Crippen LogP contribution in [0, 0.1) is 40.5 Å². The maximum Gasteiger partial charge on any atom is 0.447 e. The van der Waals surface area contributed by atoms with E-state index >= 15 is 0 Å². The molecular formula is C48H36N8O16P4. The van der Waals surface area contributed by atoms with Gasteiger partial charge in [0.05, 0.1) is 19.7 Å². The quantitative estimate of drug-likeness (QED) is 0.0390. The van der Waals surface area contributed by atoms with Gasteiger partial charge in [-0.2, -0.15) is 0 Å². The van der Waals surface area contributed by atoms with Crippen LogP contribution in [0.25, 0.3) is 0 Å². The molecule has 3 atom stereocenters. The minimum Gasteiger partial charge on any atom is -0.440 e. The summed E-state index contributed by atoms with van der Waals surface area (Å²) in [6.07, 6.45) is 0. The van der Waals surface area contributed by atoms with Gasteiger partial charge in [0.25, 0.3) is 22.7 Å². The Hall–Kier alpha value is -8.84. The number of nitro benzene ring substituents is 4. The lowest BCUT2D eigenvalue weighted by Gasteiger charge is -2.45. The number of benzene rings is 8. The zero-order valence-electron chi connectivity index (χ0n) is 38.7. The molecule has 0 aliphatic carbocycles. The molecule has 0 fully saturated rings. The lowest BCUT2D eigenvalue weighted by molar-refractivity contribution is -0.385. The molecule has 0 amide bonds. The van der Waals surface area contributed by atoms with E-state index in [1.54, 1.807) is 121 Å². The van der Waals surface area contributed by atoms with Crippen LogP contribution in [0.1, 0.15) is 0 Å². The van der Waals surface area contributed by atoms with E-state index in [0.717, 1.165) is 9.21 Å². The normalized spacial score (nSPS) is 16.5. The van der Waals surface area contributed by atoms with Gasteiger partial charge in [0.1, 0.15) is 46.0 Å². The first-order valence-corrected chi connectivity index (χ1v) is 27.0. The van der Waals surface area contributed by atoms with Crippen LogP contribution in [-0.4, -0.2) is 33.5 Å². The van der Waals surface area contributed by atoms with E-state index in [2.05, 4.69) is 0 Å². The van der Waals surface area contributed by atoms with Gasteiger partial charge in [-0.3, -0.25) is 40.5 Å². The summed E-state index contributed by atoms with van der Waals surface area (Å²) < 4.78 is 43.9. The van der Waals surface area contributed by atoms with Gasteiger partial charge in [-0.25, -0.2) is 0 Å². The van der Waals surface area contributed by atoms with Crippen LogP contribution < -0.4 is 37.1 Å². The number of rotatable bonds is 20. The lowest BCUT2D eigenvalue weighted by Crippen LogP contribution is -2.39. The molecule has 76 heavy (non-hydrogen) atoms. The van der Waals surface area contributed by atoms with E-state index in [9.17, 15) is 40.5 Å². The fourth-order valence-electron chi connectivity index (χ4n) is 6.35. The van der Waals surface area contributed by atoms with E-state index in [1.807, 2.05) is 0 Å². The summed E-state index contributed by atoms with van der Waals surface area (Å²) in [5.74, 6) is 0.483. The number of nitrogens with zero attached hydrogens (tertiary/aromatic N) is 8. The summed E-state index contributed by atoms with van der Waals surface area (Å²) in [7, 11) is -13.6. The summed E-state index contributed by atoms with van der Waals surface area (Å²) in [4.78, 5) is 66.1. The second-order valence-corrected chi connectivity index (χ2v) is 22.3. The highest BCUT2D eigenvalue weighted by atomic mass is 31.3. The predicted molar refractivity (Wildman–Crippen MR) is 279 cm³/mol. The van der Waals surface area contributed by atoms with E-state index in [1.165, 1.54) is 102 Å². The third-order valence-corrected chi connectivity index (χ3v) is 18.8. The van der Waals surface area contributed by atoms with Crippen LogP contribution in [-0.2, 0) is 0 Å². The van der Waals surface area contributed by atoms with Gasteiger partial charge < -0.3 is 37.1 Å². The van der Waals surface area contributed by atoms with Gasteiger partial charge in [-0.05, 0) is 97.1 Å². The molecule has 0 N–H and O–H groups in total. The number of para-hydroxylation sites is 4. The summed E-state index contributed by atoms with van der Waals surface area (Å²) in [6.45, 7) is 0. The summed E-state index contributed by atoms with van der Waals surface area (Å²) in [5, 5.41) is 47.9. The molecule has 384 valence electrons. The molecular weight excluding hydrogens is 1070 g/mol. The van der Waals surface area contributed by atoms with Crippen molar-refractivity contribution in [2.24, 2.45) is 4.52 Å². The van der Waals surface area contributed by atoms with Gasteiger partial charge in [0, 0.05) is 62.3 Å². The molecule has 3 unspecified atom stereocenters. The van der Waals surface area contributed by atoms with Gasteiger partial charge in [-0.1, -0.05) is 72.8 Å². The Kier molecular flexibility index (Phi) is 16.4. The Morgan fingerprint density at radius 3 is 1.04 bits per heavy atom. The average Bonchev–Trinajstić information content (AvgIpc) is 3.45. The molecule has 9 rings (SSSR count). The Morgan fingerprint density at radius 2 is 0.645 bits per heavy atom. The molecule has 24 nitrogen and oxygen atoms in total. The second kappa shape index (κ2) is 24.0. The summed E-state index contributed by atoms with van der Waals surface area (Å²) in [6, 6.07) is 53.4. The van der Waals surface area contributed by atoms with Gasteiger partial charge >= 0.3 is 33.0 Å². The van der Waals surface area contributed by atoms with E-state index < -0.39 is 52.7 Å². The largest absolute Gasteiger partial charge is 0.447 e. The minimum atomic E-state index is -4.71. The zero-order valence-corrected chi connectivity index (χ0v) is 42.3. The topological polar surface area (TPSA) is 268 Å². The first kappa shape index (κ1) is 52.0. The Morgan fingerprint density at radius 1 is 0.342 bits per heavy atom. The number of hydrogen-bond donors (Lipinski definition) is 0. The van der Waals surface area contributed by atoms with Crippen molar-refractivity contribution in [2.75, 3.05) is 0 Å². The van der Waals surface area contributed by atoms with E-state index in [0.29, 0.717) is 0 Å². The van der Waals surface area contributed by atoms with Crippen LogP contribution in [0.4, 0.5) is 22.7 Å². The zero-order chi connectivity index (χ0) is 53.0. The summed E-state index contributed by atoms with van der Waals surface area (Å²) in [5.41, 5.74) is -1.19. The van der Waals surface area contributed by atoms with Gasteiger partial charge in [0.15, 0.2) is 0 Å². The Bertz CT molecular complexity index is 3290. The van der Waals surface area contributed by atoms with Crippen molar-refractivity contribution >= 4 is 55.8 Å². The van der Waals surface area contributed by atoms with Crippen LogP contribution >= 0.6 is 33.0 Å². The Balaban J connectivity index is 1.41. The third-order valence-electron chi connectivity index (χ3n) is 9.87. The average molecular weight is 1100 g/mol. The molecule has 0 spiro atoms. The smallest absolute Gasteiger partial charge is 0.440 e. The Labute approximate surface area is 434 Å². The van der Waals surface area contributed by atoms with Crippen molar-refractivity contribution in [3.8, 4) is 46.0 Å². The maximum atomic E-state index is 12.0. The van der Waals surface area contributed by atoms with Crippen molar-refractivity contribution in [3.05, 3.63) is 259 Å². The second-order valence-electron chi connectivity index (χ2n) is 15.1. The predicted octanol–water partition coefficient (Wildman–Crippen LogP) is 14.5. The van der Waals surface area contributed by atoms with Crippen LogP contribution in [0.15, 0.2) is 223 Å². The third kappa shape index (κ3) is 12.9. The minimum absolute atomic E-state index is 0.0128. The highest BCUT2D eigenvalue weighted by Gasteiger charge is 2.59. The standard InChI is InChI=1S/C48H36N8O16P4/c57-50(58)37-21-29-42(30-22-37)66-55-74(69-45-33-25-39(26-34-45)52(61)62)54(65-41-13-5-1-6-14-41)73(68-44-15-7-2-8-16-44)49-76(71-47-17-9-3-10-18-47,72-48-19-11-4-12-20-48)56(67-43-31-23-38(24-32-43)51(59)60)75(55)70-46-35-27-40(28-36-46)53(63)64/h1-36H. The fraction of sp³-hybridized carbons (Fsp3) is 0. The SMILES string of the molecule is O=[N+]([O-])c1ccc(ON2P(Oc3ccc([N+](=O)[O-])cc3)N(Oc3ccccc3)P(Oc3ccccc3)N=P(Oc3ccccc3)(Oc3ccccc3)N(Oc3ccc([N+](=O)[O-])cc3)P2Oc2ccc([N+](=O)[O-])cc2)cc1. The molecule has 0 saturated heterocycles. The monoisotopic (exact) mass is 1100 g/mol. The van der Waals surface area contributed by atoms with Gasteiger partial charge in [-0.15, -0.1) is 4.52 Å². The lowest BCUT2D eigenvalue weighted by atomic mass is 10.3. The van der Waals surface area contributed by atoms with Crippen LogP contribution in [0.3, 0.4) is 0 Å². The first-order chi connectivity index (χ1) is 36.9. The molecule has 0 saturated carbocycles. The summed E-state index contributed by atoms with van der Waals surface area (Å²) >= 11 is 0. The molecule has 1 heterocycles. The molecule has 28 heteroatoms. The van der Waals surface area contributed by atoms with Crippen LogP contribution in [0.2, 0.25) is 0 Å². The molecule has 0 aromatic heterocycles. The van der Waals surface area contributed by atoms with Crippen molar-refractivity contribution in [1.82, 2.24) is 13.8 Å². The molecule has 8 aromatic carbocycles.